The summed E-state index contributed by atoms with van der Waals surface area (Å²) in [5, 5.41) is 3.18. The van der Waals surface area contributed by atoms with E-state index in [2.05, 4.69) is 5.32 Å². The molecule has 0 aliphatic carbocycles. The monoisotopic (exact) mass is 284 g/mol. The van der Waals surface area contributed by atoms with Gasteiger partial charge in [0.15, 0.2) is 0 Å². The summed E-state index contributed by atoms with van der Waals surface area (Å²) in [6, 6.07) is -0.268. The zero-order valence-electron chi connectivity index (χ0n) is 12.4. The first-order chi connectivity index (χ1) is 8.78. The van der Waals surface area contributed by atoms with E-state index < -0.39 is 12.7 Å². The molecule has 1 N–H and O–H groups in total. The number of ether oxygens (including phenoxy) is 1. The number of halogens is 3. The van der Waals surface area contributed by atoms with E-state index in [1.165, 1.54) is 4.90 Å². The molecule has 0 saturated carbocycles. The highest BCUT2D eigenvalue weighted by Gasteiger charge is 2.33. The molecule has 0 aromatic rings. The fourth-order valence-electron chi connectivity index (χ4n) is 1.93. The molecule has 116 valence electrons. The highest BCUT2D eigenvalue weighted by atomic mass is 19.4. The molecule has 0 amide bonds. The minimum atomic E-state index is -4.15. The van der Waals surface area contributed by atoms with Crippen LogP contribution in [0.25, 0.3) is 0 Å². The maximum Gasteiger partial charge on any atom is 0.401 e. The normalized spacial score (nSPS) is 14.4. The standard InChI is InChI=1S/C13H27F3N2O/c1-5-19-8-6-7-17-9-12(4)18(11(2)3)10-13(14,15)16/h11-12,17H,5-10H2,1-4H3. The first-order valence-corrected chi connectivity index (χ1v) is 6.88. The summed E-state index contributed by atoms with van der Waals surface area (Å²) in [6.07, 6.45) is -3.27. The van der Waals surface area contributed by atoms with Crippen LogP contribution < -0.4 is 5.32 Å². The number of hydrogen-bond acceptors (Lipinski definition) is 3. The molecule has 0 radical (unpaired) electrons. The Morgan fingerprint density at radius 3 is 2.32 bits per heavy atom. The Labute approximate surface area is 114 Å². The van der Waals surface area contributed by atoms with Crippen molar-refractivity contribution < 1.29 is 17.9 Å². The van der Waals surface area contributed by atoms with Gasteiger partial charge in [-0.05, 0) is 40.7 Å². The van der Waals surface area contributed by atoms with Gasteiger partial charge < -0.3 is 10.1 Å². The number of nitrogens with one attached hydrogen (secondary N) is 1. The SMILES string of the molecule is CCOCCCNCC(C)N(CC(F)(F)F)C(C)C. The lowest BCUT2D eigenvalue weighted by atomic mass is 10.2. The highest BCUT2D eigenvalue weighted by Crippen LogP contribution is 2.19. The summed E-state index contributed by atoms with van der Waals surface area (Å²) < 4.78 is 42.6. The molecule has 0 bridgehead atoms. The van der Waals surface area contributed by atoms with Crippen molar-refractivity contribution in [2.45, 2.75) is 52.4 Å². The third-order valence-electron chi connectivity index (χ3n) is 2.88. The van der Waals surface area contributed by atoms with E-state index in [0.717, 1.165) is 13.0 Å². The molecule has 1 atom stereocenters. The predicted octanol–water partition coefficient (Wildman–Crippen LogP) is 2.66. The average Bonchev–Trinajstić information content (AvgIpc) is 2.29. The van der Waals surface area contributed by atoms with Crippen molar-refractivity contribution in [3.05, 3.63) is 0 Å². The first kappa shape index (κ1) is 18.7. The van der Waals surface area contributed by atoms with Gasteiger partial charge in [0, 0.05) is 31.8 Å². The molecule has 0 saturated heterocycles. The summed E-state index contributed by atoms with van der Waals surface area (Å²) in [4.78, 5) is 1.47. The lowest BCUT2D eigenvalue weighted by Gasteiger charge is -2.33. The largest absolute Gasteiger partial charge is 0.401 e. The number of hydrogen-bond donors (Lipinski definition) is 1. The van der Waals surface area contributed by atoms with Crippen molar-refractivity contribution in [2.24, 2.45) is 0 Å². The van der Waals surface area contributed by atoms with Crippen LogP contribution in [0, 0.1) is 0 Å². The molecule has 1 unspecified atom stereocenters. The van der Waals surface area contributed by atoms with Gasteiger partial charge in [-0.2, -0.15) is 13.2 Å². The van der Waals surface area contributed by atoms with Crippen LogP contribution in [-0.4, -0.2) is 56.0 Å². The average molecular weight is 284 g/mol. The topological polar surface area (TPSA) is 24.5 Å². The van der Waals surface area contributed by atoms with Gasteiger partial charge in [-0.25, -0.2) is 0 Å². The van der Waals surface area contributed by atoms with E-state index in [9.17, 15) is 13.2 Å². The van der Waals surface area contributed by atoms with Crippen LogP contribution in [0.3, 0.4) is 0 Å². The fourth-order valence-corrected chi connectivity index (χ4v) is 1.93. The van der Waals surface area contributed by atoms with Crippen molar-refractivity contribution in [3.63, 3.8) is 0 Å². The molecular weight excluding hydrogens is 257 g/mol. The van der Waals surface area contributed by atoms with Gasteiger partial charge >= 0.3 is 6.18 Å². The van der Waals surface area contributed by atoms with E-state index >= 15 is 0 Å². The lowest BCUT2D eigenvalue weighted by molar-refractivity contribution is -0.154. The predicted molar refractivity (Wildman–Crippen MR) is 71.3 cm³/mol. The molecule has 0 rings (SSSR count). The van der Waals surface area contributed by atoms with E-state index in [-0.39, 0.29) is 12.1 Å². The van der Waals surface area contributed by atoms with Gasteiger partial charge in [0.05, 0.1) is 6.54 Å². The fraction of sp³-hybridized carbons (Fsp3) is 1.00. The second kappa shape index (κ2) is 9.55. The van der Waals surface area contributed by atoms with E-state index in [1.807, 2.05) is 13.8 Å². The summed E-state index contributed by atoms with van der Waals surface area (Å²) in [5.41, 5.74) is 0. The Balaban J connectivity index is 3.95. The lowest BCUT2D eigenvalue weighted by Crippen LogP contribution is -2.48. The van der Waals surface area contributed by atoms with Crippen molar-refractivity contribution >= 4 is 0 Å². The Hall–Kier alpha value is -0.330. The summed E-state index contributed by atoms with van der Waals surface area (Å²) >= 11 is 0. The number of alkyl halides is 3. The zero-order valence-corrected chi connectivity index (χ0v) is 12.4. The molecule has 0 aliphatic rings. The Morgan fingerprint density at radius 1 is 1.21 bits per heavy atom. The van der Waals surface area contributed by atoms with Crippen LogP contribution in [0.15, 0.2) is 0 Å². The van der Waals surface area contributed by atoms with Crippen molar-refractivity contribution in [1.29, 1.82) is 0 Å². The van der Waals surface area contributed by atoms with Crippen LogP contribution in [0.5, 0.6) is 0 Å². The quantitative estimate of drug-likeness (QED) is 0.624. The zero-order chi connectivity index (χ0) is 14.9. The van der Waals surface area contributed by atoms with Gasteiger partial charge in [0.1, 0.15) is 0 Å². The maximum absolute atomic E-state index is 12.5. The van der Waals surface area contributed by atoms with Gasteiger partial charge in [-0.1, -0.05) is 0 Å². The molecule has 0 fully saturated rings. The summed E-state index contributed by atoms with van der Waals surface area (Å²) in [7, 11) is 0. The minimum absolute atomic E-state index is 0.123. The van der Waals surface area contributed by atoms with Crippen molar-refractivity contribution in [1.82, 2.24) is 10.2 Å². The van der Waals surface area contributed by atoms with Crippen LogP contribution in [-0.2, 0) is 4.74 Å². The highest BCUT2D eigenvalue weighted by molar-refractivity contribution is 4.75. The van der Waals surface area contributed by atoms with Gasteiger partial charge in [0.2, 0.25) is 0 Å². The molecule has 0 aromatic heterocycles. The van der Waals surface area contributed by atoms with E-state index in [1.54, 1.807) is 13.8 Å². The van der Waals surface area contributed by atoms with Crippen LogP contribution in [0.4, 0.5) is 13.2 Å². The third-order valence-corrected chi connectivity index (χ3v) is 2.88. The molecule has 3 nitrogen and oxygen atoms in total. The van der Waals surface area contributed by atoms with Crippen LogP contribution in [0.1, 0.15) is 34.1 Å². The Kier molecular flexibility index (Phi) is 9.39. The van der Waals surface area contributed by atoms with Gasteiger partial charge in [-0.3, -0.25) is 4.90 Å². The van der Waals surface area contributed by atoms with E-state index in [0.29, 0.717) is 19.8 Å². The maximum atomic E-state index is 12.5. The smallest absolute Gasteiger partial charge is 0.382 e. The second-order valence-corrected chi connectivity index (χ2v) is 4.98. The number of rotatable bonds is 10. The summed E-state index contributed by atoms with van der Waals surface area (Å²) in [5.74, 6) is 0. The van der Waals surface area contributed by atoms with Crippen LogP contribution in [0.2, 0.25) is 0 Å². The molecule has 0 spiro atoms. The van der Waals surface area contributed by atoms with Gasteiger partial charge in [-0.15, -0.1) is 0 Å². The Bertz CT molecular complexity index is 222. The van der Waals surface area contributed by atoms with Crippen molar-refractivity contribution in [2.75, 3.05) is 32.8 Å². The molecule has 0 aliphatic heterocycles. The second-order valence-electron chi connectivity index (χ2n) is 4.98. The van der Waals surface area contributed by atoms with Gasteiger partial charge in [0.25, 0.3) is 0 Å². The summed E-state index contributed by atoms with van der Waals surface area (Å²) in [6.45, 7) is 9.19. The molecule has 0 aromatic carbocycles. The Morgan fingerprint density at radius 2 is 1.84 bits per heavy atom. The van der Waals surface area contributed by atoms with E-state index in [4.69, 9.17) is 4.74 Å². The third kappa shape index (κ3) is 10.2. The van der Waals surface area contributed by atoms with Crippen molar-refractivity contribution in [3.8, 4) is 0 Å². The van der Waals surface area contributed by atoms with Crippen LogP contribution >= 0.6 is 0 Å². The molecular formula is C13H27F3N2O. The molecule has 6 heteroatoms. The first-order valence-electron chi connectivity index (χ1n) is 6.88. The number of nitrogens with zero attached hydrogens (tertiary/aromatic N) is 1. The molecule has 0 heterocycles. The minimum Gasteiger partial charge on any atom is -0.382 e. The molecule has 19 heavy (non-hydrogen) atoms.